The molecule has 2 aliphatic heterocycles. The van der Waals surface area contributed by atoms with Crippen LogP contribution in [0.25, 0.3) is 0 Å². The van der Waals surface area contributed by atoms with E-state index in [2.05, 4.69) is 35.9 Å². The lowest BCUT2D eigenvalue weighted by molar-refractivity contribution is 0.0846. The summed E-state index contributed by atoms with van der Waals surface area (Å²) in [5.41, 5.74) is 0. The molecule has 0 aromatic carbocycles. The Kier molecular flexibility index (Phi) is 4.35. The quantitative estimate of drug-likeness (QED) is 0.778. The minimum absolute atomic E-state index is 0.759. The highest BCUT2D eigenvalue weighted by molar-refractivity contribution is 7.99. The molecule has 2 aliphatic rings. The number of nitrogens with zero attached hydrogens (tertiary/aromatic N) is 1. The van der Waals surface area contributed by atoms with E-state index in [1.54, 1.807) is 0 Å². The summed E-state index contributed by atoms with van der Waals surface area (Å²) in [6.45, 7) is 3.72. The summed E-state index contributed by atoms with van der Waals surface area (Å²) in [6.07, 6.45) is 5.50. The van der Waals surface area contributed by atoms with E-state index in [-0.39, 0.29) is 0 Å². The monoisotopic (exact) mass is 228 g/mol. The van der Waals surface area contributed by atoms with Crippen LogP contribution in [0.15, 0.2) is 0 Å². The van der Waals surface area contributed by atoms with Crippen molar-refractivity contribution in [3.63, 3.8) is 0 Å². The Morgan fingerprint density at radius 1 is 1.20 bits per heavy atom. The molecule has 2 saturated heterocycles. The number of rotatable bonds is 2. The van der Waals surface area contributed by atoms with Crippen LogP contribution in [-0.4, -0.2) is 48.1 Å². The maximum Gasteiger partial charge on any atom is 0.0114 e. The highest BCUT2D eigenvalue weighted by Crippen LogP contribution is 2.27. The van der Waals surface area contributed by atoms with Crippen molar-refractivity contribution >= 4 is 11.8 Å². The molecule has 2 unspecified atom stereocenters. The summed E-state index contributed by atoms with van der Waals surface area (Å²) in [5.74, 6) is 2.76. The normalized spacial score (nSPS) is 35.6. The summed E-state index contributed by atoms with van der Waals surface area (Å²) < 4.78 is 0. The molecule has 0 aromatic heterocycles. The van der Waals surface area contributed by atoms with E-state index in [4.69, 9.17) is 0 Å². The molecule has 1 N–H and O–H groups in total. The molecule has 2 rings (SSSR count). The summed E-state index contributed by atoms with van der Waals surface area (Å²) in [7, 11) is 2.10. The number of piperidine rings is 1. The number of hydrogen-bond donors (Lipinski definition) is 1. The van der Waals surface area contributed by atoms with Crippen LogP contribution in [-0.2, 0) is 0 Å². The van der Waals surface area contributed by atoms with Crippen LogP contribution in [0.1, 0.15) is 32.6 Å². The molecular weight excluding hydrogens is 204 g/mol. The van der Waals surface area contributed by atoms with Gasteiger partial charge in [-0.3, -0.25) is 4.90 Å². The summed E-state index contributed by atoms with van der Waals surface area (Å²) in [4.78, 5) is 2.77. The Hall–Kier alpha value is 0.270. The van der Waals surface area contributed by atoms with Gasteiger partial charge in [0.15, 0.2) is 0 Å². The van der Waals surface area contributed by atoms with Crippen molar-refractivity contribution in [1.29, 1.82) is 0 Å². The van der Waals surface area contributed by atoms with Crippen molar-refractivity contribution in [3.05, 3.63) is 0 Å². The predicted molar refractivity (Wildman–Crippen MR) is 68.6 cm³/mol. The fraction of sp³-hybridized carbons (Fsp3) is 1.00. The molecule has 0 amide bonds. The molecule has 88 valence electrons. The van der Waals surface area contributed by atoms with Crippen molar-refractivity contribution in [2.75, 3.05) is 25.1 Å². The molecule has 2 fully saturated rings. The van der Waals surface area contributed by atoms with Crippen LogP contribution in [0.5, 0.6) is 0 Å². The predicted octanol–water partition coefficient (Wildman–Crippen LogP) is 1.95. The zero-order chi connectivity index (χ0) is 10.7. The smallest absolute Gasteiger partial charge is 0.0114 e. The highest BCUT2D eigenvalue weighted by Gasteiger charge is 2.30. The third-order valence-electron chi connectivity index (χ3n) is 4.00. The third kappa shape index (κ3) is 2.89. The fourth-order valence-corrected chi connectivity index (χ4v) is 4.09. The van der Waals surface area contributed by atoms with Gasteiger partial charge in [-0.05, 0) is 51.2 Å². The number of hydrogen-bond acceptors (Lipinski definition) is 3. The van der Waals surface area contributed by atoms with Gasteiger partial charge in [-0.1, -0.05) is 0 Å². The van der Waals surface area contributed by atoms with Crippen molar-refractivity contribution in [2.24, 2.45) is 0 Å². The van der Waals surface area contributed by atoms with E-state index >= 15 is 0 Å². The first-order valence-corrected chi connectivity index (χ1v) is 7.47. The summed E-state index contributed by atoms with van der Waals surface area (Å²) in [5, 5.41) is 3.43. The number of thioether (sulfide) groups is 1. The standard InChI is InChI=1S/C12H24N2S/c1-10-9-11(13-2)3-6-14(10)12-4-7-15-8-5-12/h10-13H,3-9H2,1-2H3. The Morgan fingerprint density at radius 2 is 1.93 bits per heavy atom. The van der Waals surface area contributed by atoms with E-state index in [9.17, 15) is 0 Å². The van der Waals surface area contributed by atoms with E-state index in [0.717, 1.165) is 18.1 Å². The van der Waals surface area contributed by atoms with Gasteiger partial charge in [-0.15, -0.1) is 0 Å². The van der Waals surface area contributed by atoms with Gasteiger partial charge in [0.25, 0.3) is 0 Å². The maximum atomic E-state index is 3.43. The molecule has 0 radical (unpaired) electrons. The number of nitrogens with one attached hydrogen (secondary N) is 1. The molecule has 2 atom stereocenters. The summed E-state index contributed by atoms with van der Waals surface area (Å²) >= 11 is 2.13. The first kappa shape index (κ1) is 11.7. The fourth-order valence-electron chi connectivity index (χ4n) is 3.01. The second kappa shape index (κ2) is 5.55. The van der Waals surface area contributed by atoms with Gasteiger partial charge in [0.1, 0.15) is 0 Å². The second-order valence-electron chi connectivity index (χ2n) is 4.94. The lowest BCUT2D eigenvalue weighted by Gasteiger charge is -2.43. The largest absolute Gasteiger partial charge is 0.317 e. The molecule has 3 heteroatoms. The topological polar surface area (TPSA) is 15.3 Å². The average Bonchev–Trinajstić information content (AvgIpc) is 2.30. The molecule has 15 heavy (non-hydrogen) atoms. The second-order valence-corrected chi connectivity index (χ2v) is 6.17. The maximum absolute atomic E-state index is 3.43. The molecule has 2 heterocycles. The molecule has 0 spiro atoms. The van der Waals surface area contributed by atoms with E-state index in [1.807, 2.05) is 0 Å². The van der Waals surface area contributed by atoms with E-state index in [1.165, 1.54) is 43.7 Å². The SMILES string of the molecule is CNC1CCN(C2CCSCC2)C(C)C1. The minimum Gasteiger partial charge on any atom is -0.317 e. The molecule has 0 saturated carbocycles. The minimum atomic E-state index is 0.759. The average molecular weight is 228 g/mol. The van der Waals surface area contributed by atoms with Crippen LogP contribution < -0.4 is 5.32 Å². The van der Waals surface area contributed by atoms with Gasteiger partial charge in [0.2, 0.25) is 0 Å². The van der Waals surface area contributed by atoms with Crippen molar-refractivity contribution in [1.82, 2.24) is 10.2 Å². The number of likely N-dealkylation sites (tertiary alicyclic amines) is 1. The van der Waals surface area contributed by atoms with Gasteiger partial charge < -0.3 is 5.32 Å². The van der Waals surface area contributed by atoms with Gasteiger partial charge in [-0.25, -0.2) is 0 Å². The van der Waals surface area contributed by atoms with Crippen LogP contribution in [0.2, 0.25) is 0 Å². The zero-order valence-electron chi connectivity index (χ0n) is 10.0. The Bertz CT molecular complexity index is 192. The van der Waals surface area contributed by atoms with Gasteiger partial charge in [0, 0.05) is 24.7 Å². The molecule has 0 aliphatic carbocycles. The molecule has 0 bridgehead atoms. The third-order valence-corrected chi connectivity index (χ3v) is 5.04. The van der Waals surface area contributed by atoms with Crippen LogP contribution in [0.3, 0.4) is 0 Å². The van der Waals surface area contributed by atoms with Gasteiger partial charge in [0.05, 0.1) is 0 Å². The van der Waals surface area contributed by atoms with E-state index in [0.29, 0.717) is 0 Å². The Morgan fingerprint density at radius 3 is 2.53 bits per heavy atom. The van der Waals surface area contributed by atoms with Gasteiger partial charge in [-0.2, -0.15) is 11.8 Å². The molecule has 0 aromatic rings. The Balaban J connectivity index is 1.87. The molecular formula is C12H24N2S. The lowest BCUT2D eigenvalue weighted by atomic mass is 9.95. The Labute approximate surface area is 98.2 Å². The highest BCUT2D eigenvalue weighted by atomic mass is 32.2. The first-order valence-electron chi connectivity index (χ1n) is 6.32. The van der Waals surface area contributed by atoms with Gasteiger partial charge >= 0.3 is 0 Å². The van der Waals surface area contributed by atoms with E-state index < -0.39 is 0 Å². The van der Waals surface area contributed by atoms with Crippen LogP contribution in [0.4, 0.5) is 0 Å². The lowest BCUT2D eigenvalue weighted by Crippen LogP contribution is -2.51. The van der Waals surface area contributed by atoms with Crippen LogP contribution in [0, 0.1) is 0 Å². The molecule has 2 nitrogen and oxygen atoms in total. The van der Waals surface area contributed by atoms with Crippen molar-refractivity contribution < 1.29 is 0 Å². The first-order chi connectivity index (χ1) is 7.31. The zero-order valence-corrected chi connectivity index (χ0v) is 10.9. The van der Waals surface area contributed by atoms with Crippen molar-refractivity contribution in [3.8, 4) is 0 Å². The van der Waals surface area contributed by atoms with Crippen molar-refractivity contribution in [2.45, 2.75) is 50.7 Å². The summed E-state index contributed by atoms with van der Waals surface area (Å²) in [6, 6.07) is 2.43. The van der Waals surface area contributed by atoms with Crippen LogP contribution >= 0.6 is 11.8 Å².